The van der Waals surface area contributed by atoms with Gasteiger partial charge in [0.1, 0.15) is 0 Å². The summed E-state index contributed by atoms with van der Waals surface area (Å²) in [4.78, 5) is 14.7. The molecule has 1 aromatic heterocycles. The Bertz CT molecular complexity index is 644. The van der Waals surface area contributed by atoms with Gasteiger partial charge in [0.05, 0.1) is 17.7 Å². The average Bonchev–Trinajstić information content (AvgIpc) is 3.09. The molecule has 142 valence electrons. The Labute approximate surface area is 155 Å². The summed E-state index contributed by atoms with van der Waals surface area (Å²) in [5.41, 5.74) is 1.19. The first-order chi connectivity index (χ1) is 11.8. The number of hydrogen-bond acceptors (Lipinski definition) is 5. The van der Waals surface area contributed by atoms with Crippen molar-refractivity contribution in [3.8, 4) is 0 Å². The van der Waals surface area contributed by atoms with Crippen molar-refractivity contribution in [1.29, 1.82) is 0 Å². The van der Waals surface area contributed by atoms with Gasteiger partial charge in [0, 0.05) is 19.6 Å². The van der Waals surface area contributed by atoms with Crippen LogP contribution in [0.2, 0.25) is 0 Å². The molecule has 0 saturated carbocycles. The number of amides is 1. The lowest BCUT2D eigenvalue weighted by atomic mass is 9.98. The summed E-state index contributed by atoms with van der Waals surface area (Å²) >= 11 is 1.64. The van der Waals surface area contributed by atoms with Crippen LogP contribution >= 0.6 is 11.3 Å². The van der Waals surface area contributed by atoms with E-state index >= 15 is 0 Å². The average molecular weight is 388 g/mol. The number of sulfonamides is 1. The standard InChI is InChI=1S/C17H29N3O3S2/c1-4-10-25(22,23)20-8-5-6-14(12-20)17(21)18-11-16(19(2)3)15-7-9-24-13-15/h7,9,13-14,16H,4-6,8,10-12H2,1-3H3,(H,18,21). The van der Waals surface area contributed by atoms with Crippen LogP contribution in [0.15, 0.2) is 16.8 Å². The molecule has 2 atom stereocenters. The van der Waals surface area contributed by atoms with E-state index in [1.807, 2.05) is 26.4 Å². The highest BCUT2D eigenvalue weighted by molar-refractivity contribution is 7.89. The highest BCUT2D eigenvalue weighted by Gasteiger charge is 2.32. The highest BCUT2D eigenvalue weighted by atomic mass is 32.2. The molecule has 0 aromatic carbocycles. The van der Waals surface area contributed by atoms with E-state index < -0.39 is 10.0 Å². The number of thiophene rings is 1. The van der Waals surface area contributed by atoms with Crippen LogP contribution in [0, 0.1) is 5.92 Å². The summed E-state index contributed by atoms with van der Waals surface area (Å²) in [5, 5.41) is 7.16. The molecule has 0 spiro atoms. The Balaban J connectivity index is 1.93. The second-order valence-electron chi connectivity index (χ2n) is 6.79. The third-order valence-electron chi connectivity index (χ3n) is 4.63. The summed E-state index contributed by atoms with van der Waals surface area (Å²) in [7, 11) is 0.755. The Morgan fingerprint density at radius 3 is 2.84 bits per heavy atom. The minimum atomic E-state index is -3.23. The van der Waals surface area contributed by atoms with E-state index in [1.165, 1.54) is 9.87 Å². The zero-order valence-electron chi connectivity index (χ0n) is 15.3. The summed E-state index contributed by atoms with van der Waals surface area (Å²) in [6.45, 7) is 3.22. The zero-order chi connectivity index (χ0) is 18.4. The second kappa shape index (κ2) is 9.12. The van der Waals surface area contributed by atoms with Crippen molar-refractivity contribution in [2.75, 3.05) is 39.5 Å². The van der Waals surface area contributed by atoms with Crippen LogP contribution in [0.3, 0.4) is 0 Å². The summed E-state index contributed by atoms with van der Waals surface area (Å²) < 4.78 is 26.0. The van der Waals surface area contributed by atoms with Crippen LogP contribution in [-0.2, 0) is 14.8 Å². The van der Waals surface area contributed by atoms with Crippen molar-refractivity contribution >= 4 is 27.3 Å². The first-order valence-corrected chi connectivity index (χ1v) is 11.3. The summed E-state index contributed by atoms with van der Waals surface area (Å²) in [5.74, 6) is -0.147. The van der Waals surface area contributed by atoms with E-state index in [4.69, 9.17) is 0 Å². The maximum absolute atomic E-state index is 12.6. The minimum Gasteiger partial charge on any atom is -0.354 e. The molecule has 6 nitrogen and oxygen atoms in total. The Morgan fingerprint density at radius 2 is 2.24 bits per heavy atom. The molecular weight excluding hydrogens is 358 g/mol. The normalized spacial score (nSPS) is 20.6. The Kier molecular flexibility index (Phi) is 7.42. The van der Waals surface area contributed by atoms with E-state index in [2.05, 4.69) is 21.7 Å². The fraction of sp³-hybridized carbons (Fsp3) is 0.706. The molecule has 2 rings (SSSR count). The van der Waals surface area contributed by atoms with Crippen molar-refractivity contribution in [3.63, 3.8) is 0 Å². The lowest BCUT2D eigenvalue weighted by molar-refractivity contribution is -0.126. The molecule has 1 N–H and O–H groups in total. The van der Waals surface area contributed by atoms with Gasteiger partial charge in [-0.3, -0.25) is 4.79 Å². The van der Waals surface area contributed by atoms with E-state index in [0.29, 0.717) is 26.1 Å². The number of rotatable bonds is 8. The van der Waals surface area contributed by atoms with Crippen LogP contribution in [0.1, 0.15) is 37.8 Å². The molecule has 1 saturated heterocycles. The van der Waals surface area contributed by atoms with Crippen LogP contribution in [-0.4, -0.2) is 63.0 Å². The third kappa shape index (κ3) is 5.51. The van der Waals surface area contributed by atoms with Crippen molar-refractivity contribution in [3.05, 3.63) is 22.4 Å². The number of nitrogens with zero attached hydrogens (tertiary/aromatic N) is 2. The number of nitrogens with one attached hydrogen (secondary N) is 1. The van der Waals surface area contributed by atoms with Gasteiger partial charge in [-0.25, -0.2) is 12.7 Å². The van der Waals surface area contributed by atoms with Crippen LogP contribution < -0.4 is 5.32 Å². The lowest BCUT2D eigenvalue weighted by Gasteiger charge is -2.32. The van der Waals surface area contributed by atoms with Gasteiger partial charge in [-0.2, -0.15) is 11.3 Å². The largest absolute Gasteiger partial charge is 0.354 e. The van der Waals surface area contributed by atoms with Crippen LogP contribution in [0.5, 0.6) is 0 Å². The first kappa shape index (κ1) is 20.4. The SMILES string of the molecule is CCCS(=O)(=O)N1CCCC(C(=O)NCC(c2ccsc2)N(C)C)C1. The van der Waals surface area contributed by atoms with Gasteiger partial charge in [-0.15, -0.1) is 0 Å². The molecule has 1 aliphatic rings. The highest BCUT2D eigenvalue weighted by Crippen LogP contribution is 2.22. The number of carbonyl (C=O) groups is 1. The quantitative estimate of drug-likeness (QED) is 0.740. The smallest absolute Gasteiger partial charge is 0.224 e. The van der Waals surface area contributed by atoms with Gasteiger partial charge < -0.3 is 10.2 Å². The molecule has 1 amide bonds. The summed E-state index contributed by atoms with van der Waals surface area (Å²) in [6.07, 6.45) is 2.08. The van der Waals surface area contributed by atoms with Crippen molar-refractivity contribution in [2.45, 2.75) is 32.2 Å². The molecule has 1 aliphatic heterocycles. The number of hydrogen-bond donors (Lipinski definition) is 1. The molecule has 8 heteroatoms. The van der Waals surface area contributed by atoms with Crippen molar-refractivity contribution in [2.24, 2.45) is 5.92 Å². The predicted molar refractivity (Wildman–Crippen MR) is 102 cm³/mol. The molecule has 0 aliphatic carbocycles. The van der Waals surface area contributed by atoms with E-state index in [0.717, 1.165) is 12.8 Å². The number of carbonyl (C=O) groups excluding carboxylic acids is 1. The molecule has 25 heavy (non-hydrogen) atoms. The van der Waals surface area contributed by atoms with Gasteiger partial charge >= 0.3 is 0 Å². The Hall–Kier alpha value is -0.960. The number of piperidine rings is 1. The monoisotopic (exact) mass is 387 g/mol. The van der Waals surface area contributed by atoms with Gasteiger partial charge in [-0.1, -0.05) is 6.92 Å². The van der Waals surface area contributed by atoms with Gasteiger partial charge in [0.15, 0.2) is 0 Å². The molecule has 1 fully saturated rings. The zero-order valence-corrected chi connectivity index (χ0v) is 16.9. The minimum absolute atomic E-state index is 0.0431. The molecule has 0 bridgehead atoms. The van der Waals surface area contributed by atoms with E-state index in [1.54, 1.807) is 11.3 Å². The maximum Gasteiger partial charge on any atom is 0.224 e. The van der Waals surface area contributed by atoms with Crippen LogP contribution in [0.4, 0.5) is 0 Å². The van der Waals surface area contributed by atoms with E-state index in [-0.39, 0.29) is 23.6 Å². The molecule has 2 heterocycles. The van der Waals surface area contributed by atoms with Gasteiger partial charge in [-0.05, 0) is 55.7 Å². The van der Waals surface area contributed by atoms with Crippen molar-refractivity contribution in [1.82, 2.24) is 14.5 Å². The van der Waals surface area contributed by atoms with Crippen LogP contribution in [0.25, 0.3) is 0 Å². The molecular formula is C17H29N3O3S2. The maximum atomic E-state index is 12.6. The van der Waals surface area contributed by atoms with Gasteiger partial charge in [0.2, 0.25) is 15.9 Å². The molecule has 0 radical (unpaired) electrons. The fourth-order valence-electron chi connectivity index (χ4n) is 3.20. The third-order valence-corrected chi connectivity index (χ3v) is 7.38. The fourth-order valence-corrected chi connectivity index (χ4v) is 5.50. The second-order valence-corrected chi connectivity index (χ2v) is 9.66. The Morgan fingerprint density at radius 1 is 1.48 bits per heavy atom. The topological polar surface area (TPSA) is 69.7 Å². The van der Waals surface area contributed by atoms with Crippen molar-refractivity contribution < 1.29 is 13.2 Å². The molecule has 2 unspecified atom stereocenters. The molecule has 1 aromatic rings. The van der Waals surface area contributed by atoms with E-state index in [9.17, 15) is 13.2 Å². The first-order valence-electron chi connectivity index (χ1n) is 8.79. The van der Waals surface area contributed by atoms with Gasteiger partial charge in [0.25, 0.3) is 0 Å². The summed E-state index contributed by atoms with van der Waals surface area (Å²) in [6, 6.07) is 2.19. The lowest BCUT2D eigenvalue weighted by Crippen LogP contribution is -2.47. The number of likely N-dealkylation sites (N-methyl/N-ethyl adjacent to an activating group) is 1. The predicted octanol–water partition coefficient (Wildman–Crippen LogP) is 1.92.